The van der Waals surface area contributed by atoms with Crippen molar-refractivity contribution in [3.05, 3.63) is 75.7 Å². The van der Waals surface area contributed by atoms with Crippen LogP contribution < -0.4 is 5.32 Å². The fraction of sp³-hybridized carbons (Fsp3) is 0.321. The number of aryl methyl sites for hydroxylation is 4. The molecular formula is C28H30N4O4S. The number of hydrogen-bond donors (Lipinski definition) is 1. The van der Waals surface area contributed by atoms with Gasteiger partial charge in [-0.1, -0.05) is 28.9 Å². The van der Waals surface area contributed by atoms with Crippen molar-refractivity contribution in [1.82, 2.24) is 9.46 Å². The first-order chi connectivity index (χ1) is 17.6. The van der Waals surface area contributed by atoms with E-state index in [0.717, 1.165) is 22.3 Å². The molecule has 1 atom stereocenters. The van der Waals surface area contributed by atoms with Gasteiger partial charge in [0.2, 0.25) is 15.9 Å². The second-order valence-corrected chi connectivity index (χ2v) is 11.4. The van der Waals surface area contributed by atoms with Gasteiger partial charge in [-0.2, -0.15) is 9.57 Å². The largest absolute Gasteiger partial charge is 0.355 e. The minimum atomic E-state index is -3.95. The maximum atomic E-state index is 13.7. The summed E-state index contributed by atoms with van der Waals surface area (Å²) in [6.45, 7) is 8.05. The molecule has 3 aromatic rings. The van der Waals surface area contributed by atoms with Crippen LogP contribution in [-0.4, -0.2) is 36.9 Å². The van der Waals surface area contributed by atoms with Crippen molar-refractivity contribution >= 4 is 33.8 Å². The molecule has 1 aromatic heterocycles. The molecule has 1 aliphatic heterocycles. The van der Waals surface area contributed by atoms with Gasteiger partial charge in [-0.15, -0.1) is 0 Å². The van der Waals surface area contributed by atoms with Gasteiger partial charge in [0.1, 0.15) is 5.69 Å². The number of amides is 1. The zero-order valence-electron chi connectivity index (χ0n) is 21.4. The number of nitriles is 1. The standard InChI is InChI=1S/C28H30N4O4S/c1-18-14-19(2)25(20(3)15-18)11-12-26-27(21(4)31-36-26)37(34,35)32-13-5-6-23(17-32)28(33)30-24-9-7-22(16-29)8-10-24/h7-12,14-15,23H,5-6,13,17H2,1-4H3,(H,30,33). The van der Waals surface area contributed by atoms with Crippen LogP contribution in [0.15, 0.2) is 45.8 Å². The average molecular weight is 519 g/mol. The van der Waals surface area contributed by atoms with Crippen molar-refractivity contribution in [2.75, 3.05) is 18.4 Å². The Kier molecular flexibility index (Phi) is 7.62. The van der Waals surface area contributed by atoms with Crippen LogP contribution in [0.4, 0.5) is 5.69 Å². The molecule has 1 unspecified atom stereocenters. The molecule has 1 amide bonds. The molecule has 1 aliphatic rings. The Morgan fingerprint density at radius 1 is 1.14 bits per heavy atom. The maximum Gasteiger partial charge on any atom is 0.248 e. The molecule has 0 spiro atoms. The van der Waals surface area contributed by atoms with E-state index in [9.17, 15) is 13.2 Å². The van der Waals surface area contributed by atoms with Crippen molar-refractivity contribution in [2.24, 2.45) is 5.92 Å². The highest BCUT2D eigenvalue weighted by molar-refractivity contribution is 7.89. The SMILES string of the molecule is Cc1cc(C)c(C=Cc2onc(C)c2S(=O)(=O)N2CCCC(C(=O)Nc3ccc(C#N)cc3)C2)c(C)c1. The van der Waals surface area contributed by atoms with Crippen LogP contribution in [0, 0.1) is 44.9 Å². The Morgan fingerprint density at radius 2 is 1.81 bits per heavy atom. The zero-order chi connectivity index (χ0) is 26.7. The minimum Gasteiger partial charge on any atom is -0.355 e. The van der Waals surface area contributed by atoms with Gasteiger partial charge in [0.25, 0.3) is 0 Å². The predicted octanol–water partition coefficient (Wildman–Crippen LogP) is 4.99. The summed E-state index contributed by atoms with van der Waals surface area (Å²) in [6, 6.07) is 12.7. The van der Waals surface area contributed by atoms with Crippen LogP contribution in [0.5, 0.6) is 0 Å². The molecule has 1 saturated heterocycles. The first kappa shape index (κ1) is 26.3. The molecule has 192 valence electrons. The number of hydrogen-bond acceptors (Lipinski definition) is 6. The number of carbonyl (C=O) groups is 1. The highest BCUT2D eigenvalue weighted by atomic mass is 32.2. The first-order valence-electron chi connectivity index (χ1n) is 12.1. The van der Waals surface area contributed by atoms with E-state index in [1.807, 2.05) is 32.9 Å². The number of piperidine rings is 1. The molecule has 0 bridgehead atoms. The Labute approximate surface area is 217 Å². The number of nitrogens with one attached hydrogen (secondary N) is 1. The van der Waals surface area contributed by atoms with Gasteiger partial charge < -0.3 is 9.84 Å². The molecule has 2 aromatic carbocycles. The van der Waals surface area contributed by atoms with E-state index in [-0.39, 0.29) is 28.8 Å². The van der Waals surface area contributed by atoms with Crippen LogP contribution in [0.1, 0.15) is 52.1 Å². The van der Waals surface area contributed by atoms with Gasteiger partial charge >= 0.3 is 0 Å². The van der Waals surface area contributed by atoms with E-state index in [4.69, 9.17) is 9.78 Å². The van der Waals surface area contributed by atoms with E-state index >= 15 is 0 Å². The fourth-order valence-electron chi connectivity index (χ4n) is 4.79. The number of carbonyl (C=O) groups excluding carboxylic acids is 1. The van der Waals surface area contributed by atoms with E-state index < -0.39 is 15.9 Å². The smallest absolute Gasteiger partial charge is 0.248 e. The zero-order valence-corrected chi connectivity index (χ0v) is 22.2. The maximum absolute atomic E-state index is 13.7. The molecule has 0 aliphatic carbocycles. The van der Waals surface area contributed by atoms with Gasteiger partial charge in [-0.05, 0) is 87.6 Å². The van der Waals surface area contributed by atoms with Crippen LogP contribution in [0.3, 0.4) is 0 Å². The number of aromatic nitrogens is 1. The molecule has 9 heteroatoms. The summed E-state index contributed by atoms with van der Waals surface area (Å²) in [7, 11) is -3.95. The first-order valence-corrected chi connectivity index (χ1v) is 13.6. The summed E-state index contributed by atoms with van der Waals surface area (Å²) in [6.07, 6.45) is 4.64. The number of rotatable bonds is 6. The van der Waals surface area contributed by atoms with Gasteiger partial charge in [0.15, 0.2) is 10.7 Å². The highest BCUT2D eigenvalue weighted by Crippen LogP contribution is 2.30. The molecule has 1 fully saturated rings. The van der Waals surface area contributed by atoms with Gasteiger partial charge in [-0.25, -0.2) is 8.42 Å². The molecule has 37 heavy (non-hydrogen) atoms. The summed E-state index contributed by atoms with van der Waals surface area (Å²) < 4.78 is 34.2. The van der Waals surface area contributed by atoms with Crippen LogP contribution >= 0.6 is 0 Å². The summed E-state index contributed by atoms with van der Waals surface area (Å²) in [5, 5.41) is 15.7. The topological polar surface area (TPSA) is 116 Å². The van der Waals surface area contributed by atoms with Crippen molar-refractivity contribution < 1.29 is 17.7 Å². The quantitative estimate of drug-likeness (QED) is 0.491. The van der Waals surface area contributed by atoms with Crippen molar-refractivity contribution in [1.29, 1.82) is 5.26 Å². The number of nitrogens with zero attached hydrogens (tertiary/aromatic N) is 3. The fourth-order valence-corrected chi connectivity index (χ4v) is 6.56. The van der Waals surface area contributed by atoms with E-state index in [0.29, 0.717) is 30.6 Å². The molecular weight excluding hydrogens is 488 g/mol. The van der Waals surface area contributed by atoms with Gasteiger partial charge in [0.05, 0.1) is 17.6 Å². The van der Waals surface area contributed by atoms with Gasteiger partial charge in [0, 0.05) is 18.8 Å². The highest BCUT2D eigenvalue weighted by Gasteiger charge is 2.37. The predicted molar refractivity (Wildman–Crippen MR) is 142 cm³/mol. The normalized spacial score (nSPS) is 16.6. The lowest BCUT2D eigenvalue weighted by molar-refractivity contribution is -0.120. The van der Waals surface area contributed by atoms with Crippen LogP contribution in [-0.2, 0) is 14.8 Å². The number of sulfonamides is 1. The Balaban J connectivity index is 1.55. The Morgan fingerprint density at radius 3 is 2.46 bits per heavy atom. The van der Waals surface area contributed by atoms with E-state index in [2.05, 4.69) is 22.6 Å². The molecule has 0 radical (unpaired) electrons. The molecule has 8 nitrogen and oxygen atoms in total. The third-order valence-corrected chi connectivity index (χ3v) is 8.63. The Bertz CT molecular complexity index is 1470. The van der Waals surface area contributed by atoms with Crippen molar-refractivity contribution in [3.8, 4) is 6.07 Å². The van der Waals surface area contributed by atoms with Crippen molar-refractivity contribution in [3.63, 3.8) is 0 Å². The van der Waals surface area contributed by atoms with Crippen molar-refractivity contribution in [2.45, 2.75) is 45.4 Å². The summed E-state index contributed by atoms with van der Waals surface area (Å²) in [5.41, 5.74) is 5.67. The number of anilines is 1. The minimum absolute atomic E-state index is 0.0271. The number of benzene rings is 2. The van der Waals surface area contributed by atoms with Crippen LogP contribution in [0.2, 0.25) is 0 Å². The summed E-state index contributed by atoms with van der Waals surface area (Å²) >= 11 is 0. The average Bonchev–Trinajstić information content (AvgIpc) is 3.25. The van der Waals surface area contributed by atoms with E-state index in [1.165, 1.54) is 4.31 Å². The monoisotopic (exact) mass is 518 g/mol. The lowest BCUT2D eigenvalue weighted by Gasteiger charge is -2.31. The van der Waals surface area contributed by atoms with E-state index in [1.54, 1.807) is 37.3 Å². The lowest BCUT2D eigenvalue weighted by Crippen LogP contribution is -2.43. The lowest BCUT2D eigenvalue weighted by atomic mass is 9.98. The molecule has 1 N–H and O–H groups in total. The van der Waals surface area contributed by atoms with Gasteiger partial charge in [-0.3, -0.25) is 4.79 Å². The second-order valence-electron chi connectivity index (χ2n) is 9.49. The molecule has 4 rings (SSSR count). The third-order valence-electron chi connectivity index (χ3n) is 6.61. The van der Waals surface area contributed by atoms with Crippen LogP contribution in [0.25, 0.3) is 12.2 Å². The molecule has 0 saturated carbocycles. The second kappa shape index (κ2) is 10.7. The summed E-state index contributed by atoms with van der Waals surface area (Å²) in [5.74, 6) is -0.589. The third kappa shape index (κ3) is 5.66. The Hall–Kier alpha value is -3.74. The molecule has 2 heterocycles. The summed E-state index contributed by atoms with van der Waals surface area (Å²) in [4.78, 5) is 12.9.